The van der Waals surface area contributed by atoms with Crippen LogP contribution in [0.4, 0.5) is 0 Å². The summed E-state index contributed by atoms with van der Waals surface area (Å²) in [5.74, 6) is -0.320. The Morgan fingerprint density at radius 3 is 2.55 bits per heavy atom. The molecule has 0 fully saturated rings. The van der Waals surface area contributed by atoms with Crippen molar-refractivity contribution in [1.29, 1.82) is 0 Å². The van der Waals surface area contributed by atoms with Crippen LogP contribution in [0, 0.1) is 0 Å². The summed E-state index contributed by atoms with van der Waals surface area (Å²) in [5.41, 5.74) is 7.49. The molecule has 0 bridgehead atoms. The summed E-state index contributed by atoms with van der Waals surface area (Å²) < 4.78 is 5.34. The van der Waals surface area contributed by atoms with E-state index in [9.17, 15) is 4.79 Å². The number of unbranched alkanes of at least 4 members (excludes halogenated alkanes) is 1. The molecule has 0 rings (SSSR count). The number of nitrogens with zero attached hydrogens (tertiary/aromatic N) is 1. The highest BCUT2D eigenvalue weighted by Gasteiger charge is 2.23. The molecule has 0 saturated carbocycles. The van der Waals surface area contributed by atoms with Crippen LogP contribution in [0.2, 0.25) is 0 Å². The Morgan fingerprint density at radius 2 is 2.05 bits per heavy atom. The molecule has 6 nitrogen and oxygen atoms in total. The van der Waals surface area contributed by atoms with Gasteiger partial charge < -0.3 is 10.5 Å². The van der Waals surface area contributed by atoms with Crippen molar-refractivity contribution in [3.8, 4) is 0 Å². The number of ether oxygens (including phenoxy) is 1. The number of hydroxylamine groups is 1. The number of aliphatic imine (C=N–C) groups is 1. The van der Waals surface area contributed by atoms with Crippen LogP contribution in [0.15, 0.2) is 4.99 Å². The molecule has 1 atom stereocenters. The second kappa shape index (κ2) is 11.9. The molecule has 120 valence electrons. The maximum Gasteiger partial charge on any atom is 0.331 e. The zero-order valence-electron chi connectivity index (χ0n) is 12.8. The van der Waals surface area contributed by atoms with Gasteiger partial charge in [0.1, 0.15) is 18.0 Å². The first-order chi connectivity index (χ1) is 8.90. The number of nitrogens with two attached hydrogens (primary N) is 1. The largest absolute Gasteiger partial charge is 0.458 e. The van der Waals surface area contributed by atoms with E-state index >= 15 is 0 Å². The molecule has 7 heteroatoms. The van der Waals surface area contributed by atoms with E-state index in [0.29, 0.717) is 19.6 Å². The van der Waals surface area contributed by atoms with Gasteiger partial charge in [0.2, 0.25) is 0 Å². The van der Waals surface area contributed by atoms with Gasteiger partial charge in [-0.15, -0.1) is 12.4 Å². The molecular weight excluding hydrogens is 282 g/mol. The third-order valence-electron chi connectivity index (χ3n) is 2.15. The standard InChI is InChI=1S/C13H27N3O3.ClH/c1-5-18-16-10-15-11(8-6-7-9-14)12(17)19-13(2,3)4;/h10-11H,5-9,14H2,1-4H3,(H,15,16);1H/t11-;/m0./s1. The third-order valence-corrected chi connectivity index (χ3v) is 2.15. The van der Waals surface area contributed by atoms with Crippen molar-refractivity contribution in [2.75, 3.05) is 13.2 Å². The number of rotatable bonds is 9. The molecule has 0 amide bonds. The minimum Gasteiger partial charge on any atom is -0.458 e. The lowest BCUT2D eigenvalue weighted by molar-refractivity contribution is -0.156. The van der Waals surface area contributed by atoms with Gasteiger partial charge in [-0.25, -0.2) is 4.79 Å². The molecule has 0 aliphatic heterocycles. The first-order valence-corrected chi connectivity index (χ1v) is 6.72. The average molecular weight is 310 g/mol. The smallest absolute Gasteiger partial charge is 0.331 e. The molecular formula is C13H28ClN3O3. The van der Waals surface area contributed by atoms with Crippen molar-refractivity contribution >= 4 is 24.7 Å². The van der Waals surface area contributed by atoms with E-state index in [1.165, 1.54) is 6.34 Å². The van der Waals surface area contributed by atoms with Crippen LogP contribution in [-0.2, 0) is 14.4 Å². The summed E-state index contributed by atoms with van der Waals surface area (Å²) in [6, 6.07) is -0.515. The summed E-state index contributed by atoms with van der Waals surface area (Å²) in [6.07, 6.45) is 3.72. The van der Waals surface area contributed by atoms with Crippen LogP contribution >= 0.6 is 12.4 Å². The summed E-state index contributed by atoms with van der Waals surface area (Å²) in [7, 11) is 0. The second-order valence-corrected chi connectivity index (χ2v) is 5.16. The fraction of sp³-hybridized carbons (Fsp3) is 0.846. The van der Waals surface area contributed by atoms with Crippen molar-refractivity contribution < 1.29 is 14.4 Å². The molecule has 0 radical (unpaired) electrons. The fourth-order valence-electron chi connectivity index (χ4n) is 1.35. The second-order valence-electron chi connectivity index (χ2n) is 5.16. The highest BCUT2D eigenvalue weighted by atomic mass is 35.5. The molecule has 3 N–H and O–H groups in total. The van der Waals surface area contributed by atoms with E-state index in [0.717, 1.165) is 12.8 Å². The van der Waals surface area contributed by atoms with Crippen LogP contribution in [0.25, 0.3) is 0 Å². The fourth-order valence-corrected chi connectivity index (χ4v) is 1.35. The maximum atomic E-state index is 12.0. The van der Waals surface area contributed by atoms with Crippen molar-refractivity contribution in [2.45, 2.75) is 58.6 Å². The lowest BCUT2D eigenvalue weighted by Crippen LogP contribution is -2.31. The minimum atomic E-state index is -0.515. The summed E-state index contributed by atoms with van der Waals surface area (Å²) >= 11 is 0. The van der Waals surface area contributed by atoms with E-state index < -0.39 is 11.6 Å². The predicted molar refractivity (Wildman–Crippen MR) is 83.0 cm³/mol. The van der Waals surface area contributed by atoms with Crippen molar-refractivity contribution in [2.24, 2.45) is 10.7 Å². The van der Waals surface area contributed by atoms with E-state index in [2.05, 4.69) is 10.5 Å². The zero-order valence-corrected chi connectivity index (χ0v) is 13.7. The lowest BCUT2D eigenvalue weighted by atomic mass is 10.1. The molecule has 20 heavy (non-hydrogen) atoms. The first-order valence-electron chi connectivity index (χ1n) is 6.72. The molecule has 0 saturated heterocycles. The monoisotopic (exact) mass is 309 g/mol. The molecule has 0 aromatic heterocycles. The molecule has 0 unspecified atom stereocenters. The Morgan fingerprint density at radius 1 is 1.40 bits per heavy atom. The van der Waals surface area contributed by atoms with Crippen LogP contribution in [0.3, 0.4) is 0 Å². The van der Waals surface area contributed by atoms with Gasteiger partial charge in [0.25, 0.3) is 0 Å². The zero-order chi connectivity index (χ0) is 14.7. The van der Waals surface area contributed by atoms with E-state index in [-0.39, 0.29) is 18.4 Å². The number of hydrogen-bond acceptors (Lipinski definition) is 5. The lowest BCUT2D eigenvalue weighted by Gasteiger charge is -2.22. The number of esters is 1. The predicted octanol–water partition coefficient (Wildman–Crippen LogP) is 1.82. The average Bonchev–Trinajstić information content (AvgIpc) is 2.30. The van der Waals surface area contributed by atoms with Crippen LogP contribution in [-0.4, -0.2) is 37.1 Å². The van der Waals surface area contributed by atoms with Crippen LogP contribution in [0.1, 0.15) is 47.0 Å². The highest BCUT2D eigenvalue weighted by molar-refractivity contribution is 5.85. The first kappa shape index (κ1) is 21.4. The Balaban J connectivity index is 0. The minimum absolute atomic E-state index is 0. The molecule has 0 aliphatic rings. The Kier molecular flexibility index (Phi) is 12.8. The maximum absolute atomic E-state index is 12.0. The van der Waals surface area contributed by atoms with Crippen molar-refractivity contribution in [3.05, 3.63) is 0 Å². The summed E-state index contributed by atoms with van der Waals surface area (Å²) in [4.78, 5) is 21.0. The highest BCUT2D eigenvalue weighted by Crippen LogP contribution is 2.13. The third kappa shape index (κ3) is 12.2. The van der Waals surface area contributed by atoms with Crippen LogP contribution in [0.5, 0.6) is 0 Å². The van der Waals surface area contributed by atoms with E-state index in [1.807, 2.05) is 27.7 Å². The van der Waals surface area contributed by atoms with Crippen molar-refractivity contribution in [1.82, 2.24) is 5.48 Å². The van der Waals surface area contributed by atoms with Gasteiger partial charge in [-0.2, -0.15) is 0 Å². The van der Waals surface area contributed by atoms with Crippen molar-refractivity contribution in [3.63, 3.8) is 0 Å². The molecule has 0 aromatic carbocycles. The quantitative estimate of drug-likeness (QED) is 0.223. The van der Waals surface area contributed by atoms with Gasteiger partial charge in [-0.3, -0.25) is 15.3 Å². The number of carbonyl (C=O) groups excluding carboxylic acids is 1. The SMILES string of the molecule is CCONC=N[C@@H](CCCCN)C(=O)OC(C)(C)C.Cl. The summed E-state index contributed by atoms with van der Waals surface area (Å²) in [6.45, 7) is 8.50. The van der Waals surface area contributed by atoms with Gasteiger partial charge in [0.15, 0.2) is 0 Å². The Bertz CT molecular complexity index is 281. The Hall–Kier alpha value is -0.850. The number of halogens is 1. The van der Waals surface area contributed by atoms with Gasteiger partial charge in [-0.05, 0) is 53.5 Å². The summed E-state index contributed by atoms with van der Waals surface area (Å²) in [5, 5.41) is 0. The Labute approximate surface area is 127 Å². The molecule has 0 heterocycles. The topological polar surface area (TPSA) is 85.9 Å². The van der Waals surface area contributed by atoms with E-state index in [1.54, 1.807) is 0 Å². The van der Waals surface area contributed by atoms with Gasteiger partial charge in [-0.1, -0.05) is 0 Å². The van der Waals surface area contributed by atoms with E-state index in [4.69, 9.17) is 15.3 Å². The number of hydrogen-bond donors (Lipinski definition) is 2. The molecule has 0 aliphatic carbocycles. The number of nitrogens with one attached hydrogen (secondary N) is 1. The van der Waals surface area contributed by atoms with Gasteiger partial charge in [0, 0.05) is 0 Å². The molecule has 0 aromatic rings. The van der Waals surface area contributed by atoms with Gasteiger partial charge in [0.05, 0.1) is 6.61 Å². The molecule has 0 spiro atoms. The number of carbonyl (C=O) groups is 1. The van der Waals surface area contributed by atoms with Crippen LogP contribution < -0.4 is 11.2 Å². The van der Waals surface area contributed by atoms with Gasteiger partial charge >= 0.3 is 5.97 Å². The normalized spacial score (nSPS) is 12.8.